The quantitative estimate of drug-likeness (QED) is 0.292. The Morgan fingerprint density at radius 3 is 2.55 bits per heavy atom. The van der Waals surface area contributed by atoms with Crippen LogP contribution >= 0.6 is 0 Å². The van der Waals surface area contributed by atoms with Crippen molar-refractivity contribution in [1.82, 2.24) is 10.3 Å². The molecule has 4 aromatic rings. The molecule has 2 amide bonds. The van der Waals surface area contributed by atoms with Crippen molar-refractivity contribution in [2.45, 2.75) is 45.3 Å². The maximum atomic E-state index is 13.5. The Morgan fingerprint density at radius 2 is 1.84 bits per heavy atom. The first-order valence-corrected chi connectivity index (χ1v) is 13.1. The van der Waals surface area contributed by atoms with Crippen LogP contribution in [0.15, 0.2) is 72.9 Å². The smallest absolute Gasteiger partial charge is 0.255 e. The van der Waals surface area contributed by atoms with Crippen LogP contribution in [0.5, 0.6) is 5.75 Å². The summed E-state index contributed by atoms with van der Waals surface area (Å²) in [6.45, 7) is 4.39. The lowest BCUT2D eigenvalue weighted by Crippen LogP contribution is -2.39. The van der Waals surface area contributed by atoms with Gasteiger partial charge in [0, 0.05) is 35.8 Å². The van der Waals surface area contributed by atoms with Gasteiger partial charge < -0.3 is 25.0 Å². The molecule has 1 aliphatic heterocycles. The number of aromatic amines is 1. The SMILES string of the molecule is CC(C)Oc1ccc(-c2ccc(N3CCCC3=O)cc2)cc1C(=O)N[C@@H](CO)Cc1c[nH]c2ccccc12. The van der Waals surface area contributed by atoms with E-state index in [1.165, 1.54) is 0 Å². The predicted octanol–water partition coefficient (Wildman–Crippen LogP) is 5.08. The molecule has 1 aliphatic rings. The van der Waals surface area contributed by atoms with Crippen LogP contribution in [0.4, 0.5) is 5.69 Å². The number of hydrogen-bond acceptors (Lipinski definition) is 4. The van der Waals surface area contributed by atoms with Crippen molar-refractivity contribution in [1.29, 1.82) is 0 Å². The fourth-order valence-electron chi connectivity index (χ4n) is 4.99. The first-order valence-electron chi connectivity index (χ1n) is 13.1. The maximum absolute atomic E-state index is 13.5. The number of para-hydroxylation sites is 1. The fraction of sp³-hybridized carbons (Fsp3) is 0.290. The third-order valence-corrected chi connectivity index (χ3v) is 6.87. The predicted molar refractivity (Wildman–Crippen MR) is 150 cm³/mol. The number of hydrogen-bond donors (Lipinski definition) is 3. The summed E-state index contributed by atoms with van der Waals surface area (Å²) < 4.78 is 5.96. The van der Waals surface area contributed by atoms with Crippen molar-refractivity contribution in [3.63, 3.8) is 0 Å². The topological polar surface area (TPSA) is 94.7 Å². The number of carbonyl (C=O) groups excluding carboxylic acids is 2. The van der Waals surface area contributed by atoms with Gasteiger partial charge in [0.25, 0.3) is 5.91 Å². The van der Waals surface area contributed by atoms with Gasteiger partial charge in [-0.25, -0.2) is 0 Å². The molecule has 2 heterocycles. The second-order valence-corrected chi connectivity index (χ2v) is 9.99. The van der Waals surface area contributed by atoms with Gasteiger partial charge in [-0.2, -0.15) is 0 Å². The monoisotopic (exact) mass is 511 g/mol. The van der Waals surface area contributed by atoms with Crippen LogP contribution in [-0.2, 0) is 11.2 Å². The van der Waals surface area contributed by atoms with Gasteiger partial charge in [-0.3, -0.25) is 9.59 Å². The Morgan fingerprint density at radius 1 is 1.08 bits per heavy atom. The van der Waals surface area contributed by atoms with Crippen LogP contribution in [0.3, 0.4) is 0 Å². The summed E-state index contributed by atoms with van der Waals surface area (Å²) in [4.78, 5) is 30.7. The highest BCUT2D eigenvalue weighted by atomic mass is 16.5. The molecule has 1 saturated heterocycles. The number of aliphatic hydroxyl groups excluding tert-OH is 1. The van der Waals surface area contributed by atoms with Gasteiger partial charge in [0.05, 0.1) is 24.3 Å². The van der Waals surface area contributed by atoms with E-state index in [0.29, 0.717) is 24.2 Å². The summed E-state index contributed by atoms with van der Waals surface area (Å²) in [6.07, 6.45) is 3.78. The van der Waals surface area contributed by atoms with Crippen molar-refractivity contribution in [3.8, 4) is 16.9 Å². The number of aliphatic hydroxyl groups is 1. The average molecular weight is 512 g/mol. The fourth-order valence-corrected chi connectivity index (χ4v) is 4.99. The summed E-state index contributed by atoms with van der Waals surface area (Å²) in [5.74, 6) is 0.336. The molecular formula is C31H33N3O4. The Hall–Kier alpha value is -4.10. The number of rotatable bonds is 9. The van der Waals surface area contributed by atoms with Crippen molar-refractivity contribution in [2.75, 3.05) is 18.1 Å². The zero-order chi connectivity index (χ0) is 26.6. The molecule has 196 valence electrons. The van der Waals surface area contributed by atoms with E-state index in [9.17, 15) is 14.7 Å². The molecule has 0 saturated carbocycles. The highest BCUT2D eigenvalue weighted by molar-refractivity contribution is 5.99. The van der Waals surface area contributed by atoms with Crippen molar-refractivity contribution in [2.24, 2.45) is 0 Å². The molecule has 0 spiro atoms. The van der Waals surface area contributed by atoms with Gasteiger partial charge in [-0.05, 0) is 73.7 Å². The minimum Gasteiger partial charge on any atom is -0.490 e. The first kappa shape index (κ1) is 25.5. The number of fused-ring (bicyclic) bond motifs is 1. The highest BCUT2D eigenvalue weighted by Crippen LogP contribution is 2.30. The van der Waals surface area contributed by atoms with Crippen LogP contribution in [0.2, 0.25) is 0 Å². The lowest BCUT2D eigenvalue weighted by Gasteiger charge is -2.20. The zero-order valence-corrected chi connectivity index (χ0v) is 21.7. The number of aromatic nitrogens is 1. The number of nitrogens with one attached hydrogen (secondary N) is 2. The number of nitrogens with zero attached hydrogens (tertiary/aromatic N) is 1. The largest absolute Gasteiger partial charge is 0.490 e. The Labute approximate surface area is 222 Å². The molecule has 7 heteroatoms. The normalized spacial score (nSPS) is 14.3. The molecule has 3 N–H and O–H groups in total. The molecule has 0 aliphatic carbocycles. The Balaban J connectivity index is 1.38. The van der Waals surface area contributed by atoms with Gasteiger partial charge in [0.2, 0.25) is 5.91 Å². The van der Waals surface area contributed by atoms with Crippen LogP contribution in [0, 0.1) is 0 Å². The Bertz CT molecular complexity index is 1440. The molecule has 3 aromatic carbocycles. The summed E-state index contributed by atoms with van der Waals surface area (Å²) in [5, 5.41) is 14.2. The third-order valence-electron chi connectivity index (χ3n) is 6.87. The van der Waals surface area contributed by atoms with Crippen molar-refractivity contribution in [3.05, 3.63) is 84.1 Å². The van der Waals surface area contributed by atoms with Gasteiger partial charge in [0.1, 0.15) is 5.75 Å². The van der Waals surface area contributed by atoms with E-state index in [0.717, 1.165) is 46.2 Å². The second-order valence-electron chi connectivity index (χ2n) is 9.99. The summed E-state index contributed by atoms with van der Waals surface area (Å²) in [7, 11) is 0. The highest BCUT2D eigenvalue weighted by Gasteiger charge is 2.22. The van der Waals surface area contributed by atoms with Crippen LogP contribution in [-0.4, -0.2) is 47.2 Å². The zero-order valence-electron chi connectivity index (χ0n) is 21.7. The summed E-state index contributed by atoms with van der Waals surface area (Å²) in [6, 6.07) is 20.9. The number of amides is 2. The van der Waals surface area contributed by atoms with Crippen molar-refractivity contribution < 1.29 is 19.4 Å². The number of carbonyl (C=O) groups is 2. The molecular weight excluding hydrogens is 478 g/mol. The van der Waals surface area contributed by atoms with E-state index in [4.69, 9.17) is 4.74 Å². The number of benzene rings is 3. The van der Waals surface area contributed by atoms with Crippen molar-refractivity contribution >= 4 is 28.4 Å². The van der Waals surface area contributed by atoms with E-state index >= 15 is 0 Å². The van der Waals surface area contributed by atoms with E-state index in [-0.39, 0.29) is 24.5 Å². The molecule has 38 heavy (non-hydrogen) atoms. The van der Waals surface area contributed by atoms with E-state index < -0.39 is 6.04 Å². The van der Waals surface area contributed by atoms with Gasteiger partial charge >= 0.3 is 0 Å². The van der Waals surface area contributed by atoms with E-state index in [2.05, 4.69) is 10.3 Å². The lowest BCUT2D eigenvalue weighted by atomic mass is 10.0. The minimum atomic E-state index is -0.463. The molecule has 1 atom stereocenters. The molecule has 1 aromatic heterocycles. The summed E-state index contributed by atoms with van der Waals surface area (Å²) in [5.41, 5.74) is 5.14. The second kappa shape index (κ2) is 11.1. The summed E-state index contributed by atoms with van der Waals surface area (Å²) >= 11 is 0. The molecule has 5 rings (SSSR count). The molecule has 1 fully saturated rings. The maximum Gasteiger partial charge on any atom is 0.255 e. The molecule has 0 unspecified atom stereocenters. The number of ether oxygens (including phenoxy) is 1. The average Bonchev–Trinajstić information content (AvgIpc) is 3.54. The van der Waals surface area contributed by atoms with Crippen LogP contribution in [0.1, 0.15) is 42.6 Å². The first-order chi connectivity index (χ1) is 18.4. The van der Waals surface area contributed by atoms with Gasteiger partial charge in [-0.1, -0.05) is 36.4 Å². The molecule has 7 nitrogen and oxygen atoms in total. The molecule has 0 bridgehead atoms. The minimum absolute atomic E-state index is 0.107. The lowest BCUT2D eigenvalue weighted by molar-refractivity contribution is -0.117. The standard InChI is InChI=1S/C31H33N3O4/c1-20(2)38-29-14-11-22(21-9-12-25(13-10-21)34-15-5-8-30(34)36)17-27(29)31(37)33-24(19-35)16-23-18-32-28-7-4-3-6-26(23)28/h3-4,6-7,9-14,17-18,20,24,32,35H,5,8,15-16,19H2,1-2H3,(H,33,37)/t24-/m1/s1. The number of H-pyrrole nitrogens is 1. The van der Waals surface area contributed by atoms with Crippen LogP contribution in [0.25, 0.3) is 22.0 Å². The number of anilines is 1. The third kappa shape index (κ3) is 5.43. The van der Waals surface area contributed by atoms with E-state index in [1.807, 2.05) is 91.7 Å². The van der Waals surface area contributed by atoms with Gasteiger partial charge in [-0.15, -0.1) is 0 Å². The Kier molecular flexibility index (Phi) is 7.47. The van der Waals surface area contributed by atoms with Crippen LogP contribution < -0.4 is 15.0 Å². The van der Waals surface area contributed by atoms with Gasteiger partial charge in [0.15, 0.2) is 0 Å². The van der Waals surface area contributed by atoms with E-state index in [1.54, 1.807) is 0 Å². The molecule has 0 radical (unpaired) electrons.